The van der Waals surface area contributed by atoms with Crippen molar-refractivity contribution < 1.29 is 9.59 Å². The zero-order valence-electron chi connectivity index (χ0n) is 13.0. The molecule has 126 valence electrons. The predicted molar refractivity (Wildman–Crippen MR) is 96.7 cm³/mol. The van der Waals surface area contributed by atoms with Crippen LogP contribution in [-0.2, 0) is 9.59 Å². The number of halogens is 2. The normalized spacial score (nSPS) is 16.6. The van der Waals surface area contributed by atoms with E-state index < -0.39 is 5.92 Å². The third-order valence-corrected chi connectivity index (χ3v) is 4.35. The van der Waals surface area contributed by atoms with Gasteiger partial charge >= 0.3 is 0 Å². The predicted octanol–water partition coefficient (Wildman–Crippen LogP) is 3.86. The van der Waals surface area contributed by atoms with Gasteiger partial charge in [-0.25, -0.2) is 0 Å². The van der Waals surface area contributed by atoms with E-state index in [1.807, 2.05) is 6.07 Å². The highest BCUT2D eigenvalue weighted by Gasteiger charge is 2.35. The van der Waals surface area contributed by atoms with Crippen LogP contribution < -0.4 is 10.2 Å². The van der Waals surface area contributed by atoms with Gasteiger partial charge in [0.05, 0.1) is 17.6 Å². The fourth-order valence-corrected chi connectivity index (χ4v) is 3.27. The molecule has 0 radical (unpaired) electrons. The molecule has 1 fully saturated rings. The number of rotatable bonds is 3. The Balaban J connectivity index is 1.73. The number of amides is 2. The maximum Gasteiger partial charge on any atom is 0.229 e. The molecule has 0 bridgehead atoms. The molecule has 0 aromatic heterocycles. The highest BCUT2D eigenvalue weighted by atomic mass is 35.5. The third kappa shape index (κ3) is 3.93. The Hall–Kier alpha value is -2.55. The van der Waals surface area contributed by atoms with E-state index in [-0.39, 0.29) is 24.8 Å². The van der Waals surface area contributed by atoms with Crippen LogP contribution in [0.15, 0.2) is 42.5 Å². The highest BCUT2D eigenvalue weighted by molar-refractivity contribution is 6.35. The van der Waals surface area contributed by atoms with Gasteiger partial charge < -0.3 is 10.2 Å². The van der Waals surface area contributed by atoms with E-state index in [1.54, 1.807) is 42.5 Å². The molecule has 0 spiro atoms. The third-order valence-electron chi connectivity index (χ3n) is 3.91. The Morgan fingerprint density at radius 1 is 1.20 bits per heavy atom. The van der Waals surface area contributed by atoms with E-state index in [1.165, 1.54) is 4.90 Å². The van der Waals surface area contributed by atoms with Crippen molar-refractivity contribution in [2.75, 3.05) is 16.8 Å². The molecule has 1 saturated heterocycles. The van der Waals surface area contributed by atoms with E-state index in [0.717, 1.165) is 0 Å². The molecular weight excluding hydrogens is 361 g/mol. The monoisotopic (exact) mass is 373 g/mol. The van der Waals surface area contributed by atoms with Crippen molar-refractivity contribution in [2.45, 2.75) is 6.42 Å². The lowest BCUT2D eigenvalue weighted by molar-refractivity contribution is -0.122. The second kappa shape index (κ2) is 7.14. The molecule has 1 unspecified atom stereocenters. The van der Waals surface area contributed by atoms with Gasteiger partial charge in [0.2, 0.25) is 11.8 Å². The SMILES string of the molecule is N#Cc1cccc(N2CC(C(=O)Nc3cc(Cl)cc(Cl)c3)CC2=O)c1. The highest BCUT2D eigenvalue weighted by Crippen LogP contribution is 2.28. The number of carbonyl (C=O) groups is 2. The Bertz CT molecular complexity index is 872. The van der Waals surface area contributed by atoms with Crippen molar-refractivity contribution in [3.8, 4) is 6.07 Å². The number of benzene rings is 2. The Morgan fingerprint density at radius 3 is 2.60 bits per heavy atom. The van der Waals surface area contributed by atoms with E-state index in [4.69, 9.17) is 28.5 Å². The van der Waals surface area contributed by atoms with Crippen LogP contribution in [0.3, 0.4) is 0 Å². The average Bonchev–Trinajstić information content (AvgIpc) is 2.96. The van der Waals surface area contributed by atoms with E-state index in [2.05, 4.69) is 5.32 Å². The van der Waals surface area contributed by atoms with Crippen molar-refractivity contribution >= 4 is 46.4 Å². The molecule has 0 aliphatic carbocycles. The second-order valence-electron chi connectivity index (χ2n) is 5.71. The molecule has 3 rings (SSSR count). The fraction of sp³-hybridized carbons (Fsp3) is 0.167. The van der Waals surface area contributed by atoms with Crippen LogP contribution in [0.4, 0.5) is 11.4 Å². The van der Waals surface area contributed by atoms with E-state index in [0.29, 0.717) is 27.0 Å². The fourth-order valence-electron chi connectivity index (χ4n) is 2.75. The van der Waals surface area contributed by atoms with Crippen LogP contribution in [0.2, 0.25) is 10.0 Å². The van der Waals surface area contributed by atoms with Gasteiger partial charge in [0.1, 0.15) is 0 Å². The summed E-state index contributed by atoms with van der Waals surface area (Å²) in [5.74, 6) is -0.916. The maximum absolute atomic E-state index is 12.5. The van der Waals surface area contributed by atoms with Crippen LogP contribution in [0.1, 0.15) is 12.0 Å². The molecular formula is C18H13Cl2N3O2. The van der Waals surface area contributed by atoms with Gasteiger partial charge in [-0.2, -0.15) is 5.26 Å². The number of nitrogens with zero attached hydrogens (tertiary/aromatic N) is 2. The molecule has 1 aliphatic rings. The number of hydrogen-bond acceptors (Lipinski definition) is 3. The lowest BCUT2D eigenvalue weighted by atomic mass is 10.1. The first kappa shape index (κ1) is 17.3. The van der Waals surface area contributed by atoms with Gasteiger partial charge in [-0.15, -0.1) is 0 Å². The molecule has 2 aromatic carbocycles. The number of carbonyl (C=O) groups excluding carboxylic acids is 2. The smallest absolute Gasteiger partial charge is 0.229 e. The number of hydrogen-bond donors (Lipinski definition) is 1. The van der Waals surface area contributed by atoms with Gasteiger partial charge in [-0.1, -0.05) is 29.3 Å². The summed E-state index contributed by atoms with van der Waals surface area (Å²) in [6, 6.07) is 13.6. The van der Waals surface area contributed by atoms with Gasteiger partial charge in [0.25, 0.3) is 0 Å². The van der Waals surface area contributed by atoms with Crippen molar-refractivity contribution in [3.63, 3.8) is 0 Å². The Labute approximate surface area is 154 Å². The summed E-state index contributed by atoms with van der Waals surface area (Å²) in [4.78, 5) is 26.2. The molecule has 1 aliphatic heterocycles. The molecule has 5 nitrogen and oxygen atoms in total. The van der Waals surface area contributed by atoms with Crippen molar-refractivity contribution in [3.05, 3.63) is 58.1 Å². The second-order valence-corrected chi connectivity index (χ2v) is 6.59. The summed E-state index contributed by atoms with van der Waals surface area (Å²) < 4.78 is 0. The summed E-state index contributed by atoms with van der Waals surface area (Å²) in [5.41, 5.74) is 1.57. The van der Waals surface area contributed by atoms with Crippen molar-refractivity contribution in [2.24, 2.45) is 5.92 Å². The van der Waals surface area contributed by atoms with Gasteiger partial charge in [-0.05, 0) is 36.4 Å². The van der Waals surface area contributed by atoms with Gasteiger partial charge in [0.15, 0.2) is 0 Å². The zero-order valence-corrected chi connectivity index (χ0v) is 14.5. The van der Waals surface area contributed by atoms with Crippen LogP contribution in [0, 0.1) is 17.2 Å². The van der Waals surface area contributed by atoms with Crippen LogP contribution >= 0.6 is 23.2 Å². The first-order valence-electron chi connectivity index (χ1n) is 7.54. The van der Waals surface area contributed by atoms with Crippen LogP contribution in [0.25, 0.3) is 0 Å². The number of nitrogens with one attached hydrogen (secondary N) is 1. The minimum Gasteiger partial charge on any atom is -0.326 e. The molecule has 25 heavy (non-hydrogen) atoms. The van der Waals surface area contributed by atoms with E-state index >= 15 is 0 Å². The van der Waals surface area contributed by atoms with E-state index in [9.17, 15) is 9.59 Å². The molecule has 1 atom stereocenters. The van der Waals surface area contributed by atoms with Crippen LogP contribution in [-0.4, -0.2) is 18.4 Å². The summed E-state index contributed by atoms with van der Waals surface area (Å²) in [6.07, 6.45) is 0.108. The van der Waals surface area contributed by atoms with Crippen LogP contribution in [0.5, 0.6) is 0 Å². The average molecular weight is 374 g/mol. The number of anilines is 2. The van der Waals surface area contributed by atoms with Gasteiger partial charge in [-0.3, -0.25) is 9.59 Å². The minimum absolute atomic E-state index is 0.108. The largest absolute Gasteiger partial charge is 0.326 e. The number of nitriles is 1. The molecule has 2 aromatic rings. The standard InChI is InChI=1S/C18H13Cl2N3O2/c19-13-6-14(20)8-15(7-13)22-18(25)12-5-17(24)23(10-12)16-3-1-2-11(4-16)9-21/h1-4,6-8,12H,5,10H2,(H,22,25). The first-order valence-corrected chi connectivity index (χ1v) is 8.29. The molecule has 7 heteroatoms. The molecule has 2 amide bonds. The van der Waals surface area contributed by atoms with Gasteiger partial charge in [0, 0.05) is 34.4 Å². The summed E-state index contributed by atoms with van der Waals surface area (Å²) in [6.45, 7) is 0.258. The maximum atomic E-state index is 12.5. The molecule has 1 N–H and O–H groups in total. The molecule has 0 saturated carbocycles. The lowest BCUT2D eigenvalue weighted by Crippen LogP contribution is -2.28. The topological polar surface area (TPSA) is 73.2 Å². The summed E-state index contributed by atoms with van der Waals surface area (Å²) in [5, 5.41) is 12.6. The lowest BCUT2D eigenvalue weighted by Gasteiger charge is -2.17. The summed E-state index contributed by atoms with van der Waals surface area (Å²) in [7, 11) is 0. The van der Waals surface area contributed by atoms with Crippen molar-refractivity contribution in [1.82, 2.24) is 0 Å². The molecule has 1 heterocycles. The first-order chi connectivity index (χ1) is 12.0. The zero-order chi connectivity index (χ0) is 18.0. The Morgan fingerprint density at radius 2 is 1.92 bits per heavy atom. The minimum atomic E-state index is -0.490. The Kier molecular flexibility index (Phi) is 4.93. The summed E-state index contributed by atoms with van der Waals surface area (Å²) >= 11 is 11.8. The van der Waals surface area contributed by atoms with Crippen molar-refractivity contribution in [1.29, 1.82) is 5.26 Å². The quantitative estimate of drug-likeness (QED) is 0.887.